The van der Waals surface area contributed by atoms with Crippen LogP contribution in [0, 0.1) is 5.41 Å². The van der Waals surface area contributed by atoms with Gasteiger partial charge in [-0.25, -0.2) is 0 Å². The third-order valence-corrected chi connectivity index (χ3v) is 4.94. The molecule has 2 aromatic rings. The molecule has 1 aromatic carbocycles. The van der Waals surface area contributed by atoms with E-state index in [2.05, 4.69) is 18.8 Å². The molecule has 1 fully saturated rings. The molecule has 1 aliphatic rings. The number of likely N-dealkylation sites (tertiary alicyclic amines) is 1. The van der Waals surface area contributed by atoms with Gasteiger partial charge in [0.25, 0.3) is 11.5 Å². The van der Waals surface area contributed by atoms with Crippen LogP contribution >= 0.6 is 0 Å². The molecule has 0 radical (unpaired) electrons. The van der Waals surface area contributed by atoms with Crippen molar-refractivity contribution in [1.82, 2.24) is 9.88 Å². The first kappa shape index (κ1) is 17.3. The Morgan fingerprint density at radius 1 is 1.12 bits per heavy atom. The number of carbonyl (C=O) groups is 1. The van der Waals surface area contributed by atoms with E-state index in [1.54, 1.807) is 24.1 Å². The molecule has 0 atom stereocenters. The summed E-state index contributed by atoms with van der Waals surface area (Å²) in [5.41, 5.74) is 1.52. The molecular weight excluding hydrogens is 316 g/mol. The highest BCUT2D eigenvalue weighted by Crippen LogP contribution is 2.30. The maximum absolute atomic E-state index is 12.7. The number of methoxy groups -OCH3 is 1. The zero-order valence-corrected chi connectivity index (χ0v) is 15.0. The van der Waals surface area contributed by atoms with Crippen LogP contribution in [-0.2, 0) is 0 Å². The average Bonchev–Trinajstić information content (AvgIpc) is 2.61. The number of nitrogens with zero attached hydrogens (tertiary/aromatic N) is 1. The van der Waals surface area contributed by atoms with Gasteiger partial charge in [0.15, 0.2) is 0 Å². The monoisotopic (exact) mass is 340 g/mol. The molecule has 1 N–H and O–H groups in total. The van der Waals surface area contributed by atoms with Crippen LogP contribution in [0.4, 0.5) is 0 Å². The Bertz CT molecular complexity index is 829. The third kappa shape index (κ3) is 3.60. The van der Waals surface area contributed by atoms with Crippen molar-refractivity contribution in [3.8, 4) is 17.0 Å². The van der Waals surface area contributed by atoms with E-state index < -0.39 is 0 Å². The van der Waals surface area contributed by atoms with Crippen LogP contribution < -0.4 is 10.3 Å². The molecule has 0 bridgehead atoms. The van der Waals surface area contributed by atoms with Gasteiger partial charge in [-0.2, -0.15) is 0 Å². The van der Waals surface area contributed by atoms with Crippen molar-refractivity contribution in [3.63, 3.8) is 0 Å². The molecule has 25 heavy (non-hydrogen) atoms. The lowest BCUT2D eigenvalue weighted by Gasteiger charge is -2.36. The molecule has 1 saturated heterocycles. The first-order valence-corrected chi connectivity index (χ1v) is 8.57. The van der Waals surface area contributed by atoms with Gasteiger partial charge in [0, 0.05) is 18.7 Å². The fourth-order valence-electron chi connectivity index (χ4n) is 3.15. The molecule has 0 aliphatic carbocycles. The number of ether oxygens (including phenoxy) is 1. The zero-order chi connectivity index (χ0) is 18.0. The van der Waals surface area contributed by atoms with Gasteiger partial charge in [0.1, 0.15) is 11.3 Å². The number of hydrogen-bond donors (Lipinski definition) is 1. The number of nitrogens with one attached hydrogen (secondary N) is 1. The van der Waals surface area contributed by atoms with E-state index in [0.29, 0.717) is 24.5 Å². The number of pyridine rings is 1. The van der Waals surface area contributed by atoms with Gasteiger partial charge < -0.3 is 14.6 Å². The predicted octanol–water partition coefficient (Wildman–Crippen LogP) is 3.31. The lowest BCUT2D eigenvalue weighted by Crippen LogP contribution is -2.42. The van der Waals surface area contributed by atoms with Crippen molar-refractivity contribution in [1.29, 1.82) is 0 Å². The third-order valence-electron chi connectivity index (χ3n) is 4.94. The van der Waals surface area contributed by atoms with Crippen molar-refractivity contribution in [2.45, 2.75) is 26.7 Å². The Labute approximate surface area is 147 Å². The molecule has 0 saturated carbocycles. The van der Waals surface area contributed by atoms with Crippen LogP contribution in [0.5, 0.6) is 5.75 Å². The highest BCUT2D eigenvalue weighted by Gasteiger charge is 2.29. The quantitative estimate of drug-likeness (QED) is 0.932. The molecule has 132 valence electrons. The molecule has 3 rings (SSSR count). The first-order chi connectivity index (χ1) is 11.9. The number of hydrogen-bond acceptors (Lipinski definition) is 3. The van der Waals surface area contributed by atoms with Gasteiger partial charge in [0.05, 0.1) is 12.8 Å². The SMILES string of the molecule is COc1ccccc1-c1ccc(C(=O)N2CCC(C)(C)CC2)c(=O)[nH]1. The second kappa shape index (κ2) is 6.75. The van der Waals surface area contributed by atoms with E-state index in [4.69, 9.17) is 4.74 Å². The lowest BCUT2D eigenvalue weighted by atomic mass is 9.82. The zero-order valence-electron chi connectivity index (χ0n) is 15.0. The molecule has 0 spiro atoms. The topological polar surface area (TPSA) is 62.4 Å². The summed E-state index contributed by atoms with van der Waals surface area (Å²) in [6.07, 6.45) is 1.91. The fourth-order valence-corrected chi connectivity index (χ4v) is 3.15. The molecule has 2 heterocycles. The van der Waals surface area contributed by atoms with Crippen LogP contribution in [0.25, 0.3) is 11.3 Å². The minimum Gasteiger partial charge on any atom is -0.496 e. The molecule has 5 heteroatoms. The van der Waals surface area contributed by atoms with Gasteiger partial charge in [0.2, 0.25) is 0 Å². The van der Waals surface area contributed by atoms with Gasteiger partial charge in [-0.1, -0.05) is 26.0 Å². The van der Waals surface area contributed by atoms with Crippen molar-refractivity contribution in [2.24, 2.45) is 5.41 Å². The largest absolute Gasteiger partial charge is 0.496 e. The second-order valence-corrected chi connectivity index (χ2v) is 7.27. The van der Waals surface area contributed by atoms with Crippen molar-refractivity contribution >= 4 is 5.91 Å². The minimum absolute atomic E-state index is 0.191. The number of aromatic amines is 1. The Morgan fingerprint density at radius 2 is 1.80 bits per heavy atom. The Hall–Kier alpha value is -2.56. The number of aromatic nitrogens is 1. The van der Waals surface area contributed by atoms with Crippen LogP contribution in [-0.4, -0.2) is 36.0 Å². The second-order valence-electron chi connectivity index (χ2n) is 7.27. The highest BCUT2D eigenvalue weighted by atomic mass is 16.5. The summed E-state index contributed by atoms with van der Waals surface area (Å²) in [5, 5.41) is 0. The number of para-hydroxylation sites is 1. The first-order valence-electron chi connectivity index (χ1n) is 8.57. The molecule has 1 amide bonds. The molecular formula is C20H24N2O3. The molecule has 1 aliphatic heterocycles. The Kier molecular flexibility index (Phi) is 4.66. The van der Waals surface area contributed by atoms with Crippen LogP contribution in [0.2, 0.25) is 0 Å². The van der Waals surface area contributed by atoms with E-state index in [-0.39, 0.29) is 22.4 Å². The maximum atomic E-state index is 12.7. The lowest BCUT2D eigenvalue weighted by molar-refractivity contribution is 0.0628. The summed E-state index contributed by atoms with van der Waals surface area (Å²) in [7, 11) is 1.59. The number of benzene rings is 1. The van der Waals surface area contributed by atoms with Crippen molar-refractivity contribution in [3.05, 3.63) is 52.3 Å². The molecule has 0 unspecified atom stereocenters. The fraction of sp³-hybridized carbons (Fsp3) is 0.400. The number of piperidine rings is 1. The normalized spacial score (nSPS) is 16.5. The van der Waals surface area contributed by atoms with Crippen LogP contribution in [0.3, 0.4) is 0 Å². The average molecular weight is 340 g/mol. The molecule has 1 aromatic heterocycles. The summed E-state index contributed by atoms with van der Waals surface area (Å²) >= 11 is 0. The number of amides is 1. The van der Waals surface area contributed by atoms with Gasteiger partial charge in [-0.15, -0.1) is 0 Å². The summed E-state index contributed by atoms with van der Waals surface area (Å²) in [6, 6.07) is 10.8. The molecule has 5 nitrogen and oxygen atoms in total. The predicted molar refractivity (Wildman–Crippen MR) is 98.0 cm³/mol. The van der Waals surface area contributed by atoms with Crippen LogP contribution in [0.15, 0.2) is 41.2 Å². The number of rotatable bonds is 3. The maximum Gasteiger partial charge on any atom is 0.261 e. The summed E-state index contributed by atoms with van der Waals surface area (Å²) in [4.78, 5) is 29.8. The van der Waals surface area contributed by atoms with Gasteiger partial charge >= 0.3 is 0 Å². The van der Waals surface area contributed by atoms with Gasteiger partial charge in [-0.3, -0.25) is 9.59 Å². The standard InChI is InChI=1S/C20H24N2O3/c1-20(2)10-12-22(13-11-20)19(24)15-8-9-16(21-18(15)23)14-6-4-5-7-17(14)25-3/h4-9H,10-13H2,1-3H3,(H,21,23). The summed E-state index contributed by atoms with van der Waals surface area (Å²) in [6.45, 7) is 5.81. The minimum atomic E-state index is -0.363. The summed E-state index contributed by atoms with van der Waals surface area (Å²) < 4.78 is 5.33. The van der Waals surface area contributed by atoms with E-state index in [9.17, 15) is 9.59 Å². The highest BCUT2D eigenvalue weighted by molar-refractivity contribution is 5.94. The van der Waals surface area contributed by atoms with Crippen molar-refractivity contribution in [2.75, 3.05) is 20.2 Å². The van der Waals surface area contributed by atoms with E-state index in [1.807, 2.05) is 24.3 Å². The van der Waals surface area contributed by atoms with E-state index in [0.717, 1.165) is 18.4 Å². The van der Waals surface area contributed by atoms with E-state index >= 15 is 0 Å². The Balaban J connectivity index is 1.85. The smallest absolute Gasteiger partial charge is 0.261 e. The Morgan fingerprint density at radius 3 is 2.44 bits per heavy atom. The number of H-pyrrole nitrogens is 1. The van der Waals surface area contributed by atoms with E-state index in [1.165, 1.54) is 0 Å². The number of carbonyl (C=O) groups excluding carboxylic acids is 1. The van der Waals surface area contributed by atoms with Crippen molar-refractivity contribution < 1.29 is 9.53 Å². The van der Waals surface area contributed by atoms with Gasteiger partial charge in [-0.05, 0) is 42.5 Å². The van der Waals surface area contributed by atoms with Crippen LogP contribution in [0.1, 0.15) is 37.0 Å². The summed E-state index contributed by atoms with van der Waals surface area (Å²) in [5.74, 6) is 0.485.